The largest absolute Gasteiger partial charge is 0.301 e. The molecule has 0 amide bonds. The highest BCUT2D eigenvalue weighted by molar-refractivity contribution is 7.87. The third-order valence-corrected chi connectivity index (χ3v) is 4.52. The van der Waals surface area contributed by atoms with Gasteiger partial charge in [-0.1, -0.05) is 48.1 Å². The van der Waals surface area contributed by atoms with Crippen molar-refractivity contribution in [3.8, 4) is 0 Å². The van der Waals surface area contributed by atoms with Crippen molar-refractivity contribution in [2.45, 2.75) is 32.3 Å². The van der Waals surface area contributed by atoms with E-state index >= 15 is 0 Å². The maximum absolute atomic E-state index is 12.0. The summed E-state index contributed by atoms with van der Waals surface area (Å²) in [4.78, 5) is 7.30. The third kappa shape index (κ3) is 4.58. The maximum atomic E-state index is 12.0. The minimum atomic E-state index is -3.52. The molecule has 19 heavy (non-hydrogen) atoms. The maximum Gasteiger partial charge on any atom is 0.301 e. The second kappa shape index (κ2) is 7.00. The van der Waals surface area contributed by atoms with Crippen molar-refractivity contribution in [1.82, 2.24) is 9.19 Å². The highest BCUT2D eigenvalue weighted by Crippen LogP contribution is 2.12. The summed E-state index contributed by atoms with van der Waals surface area (Å²) in [5, 5.41) is 0. The van der Waals surface area contributed by atoms with Crippen molar-refractivity contribution >= 4 is 10.2 Å². The lowest BCUT2D eigenvalue weighted by molar-refractivity contribution is 0.0747. The minimum absolute atomic E-state index is 0.230. The van der Waals surface area contributed by atoms with E-state index in [2.05, 4.69) is 4.89 Å². The number of nitrogens with zero attached hydrogens (tertiary/aromatic N) is 1. The molecule has 0 bridgehead atoms. The van der Waals surface area contributed by atoms with Crippen LogP contribution < -0.4 is 4.89 Å². The van der Waals surface area contributed by atoms with Gasteiger partial charge in [-0.25, -0.2) is 0 Å². The zero-order valence-electron chi connectivity index (χ0n) is 10.9. The van der Waals surface area contributed by atoms with Crippen LogP contribution in [0, 0.1) is 0 Å². The molecule has 1 fully saturated rings. The van der Waals surface area contributed by atoms with Crippen LogP contribution in [0.25, 0.3) is 0 Å². The zero-order valence-corrected chi connectivity index (χ0v) is 11.7. The zero-order chi connectivity index (χ0) is 13.6. The van der Waals surface area contributed by atoms with E-state index in [1.165, 1.54) is 4.31 Å². The summed E-state index contributed by atoms with van der Waals surface area (Å²) in [6, 6.07) is 9.47. The van der Waals surface area contributed by atoms with E-state index in [0.717, 1.165) is 31.2 Å². The van der Waals surface area contributed by atoms with Crippen molar-refractivity contribution in [3.05, 3.63) is 35.9 Å². The van der Waals surface area contributed by atoms with Crippen LogP contribution in [0.5, 0.6) is 0 Å². The number of benzene rings is 1. The van der Waals surface area contributed by atoms with Gasteiger partial charge in [0.25, 0.3) is 0 Å². The molecule has 106 valence electrons. The van der Waals surface area contributed by atoms with E-state index in [1.807, 2.05) is 30.3 Å². The molecule has 2 rings (SSSR count). The standard InChI is InChI=1S/C13H20N2O3S/c16-19(17,15-10-6-1-2-7-11-15)14-18-12-13-8-4-3-5-9-13/h3-5,8-9,14H,1-2,6-7,10-12H2. The van der Waals surface area contributed by atoms with Gasteiger partial charge in [0.1, 0.15) is 0 Å². The van der Waals surface area contributed by atoms with Gasteiger partial charge in [0.2, 0.25) is 0 Å². The topological polar surface area (TPSA) is 58.6 Å². The summed E-state index contributed by atoms with van der Waals surface area (Å²) in [6.07, 6.45) is 4.02. The van der Waals surface area contributed by atoms with Gasteiger partial charge in [-0.05, 0) is 18.4 Å². The van der Waals surface area contributed by atoms with E-state index in [0.29, 0.717) is 13.1 Å². The molecule has 0 spiro atoms. The van der Waals surface area contributed by atoms with Crippen LogP contribution in [0.2, 0.25) is 0 Å². The van der Waals surface area contributed by atoms with E-state index < -0.39 is 10.2 Å². The van der Waals surface area contributed by atoms with Gasteiger partial charge in [-0.2, -0.15) is 12.7 Å². The Morgan fingerprint density at radius 1 is 1.05 bits per heavy atom. The first kappa shape index (κ1) is 14.5. The molecule has 1 heterocycles. The second-order valence-corrected chi connectivity index (χ2v) is 6.31. The summed E-state index contributed by atoms with van der Waals surface area (Å²) in [7, 11) is -3.52. The Morgan fingerprint density at radius 2 is 1.68 bits per heavy atom. The number of hydrogen-bond acceptors (Lipinski definition) is 3. The van der Waals surface area contributed by atoms with Gasteiger partial charge in [0, 0.05) is 13.1 Å². The highest BCUT2D eigenvalue weighted by atomic mass is 32.2. The quantitative estimate of drug-likeness (QED) is 0.839. The van der Waals surface area contributed by atoms with Crippen molar-refractivity contribution < 1.29 is 13.3 Å². The highest BCUT2D eigenvalue weighted by Gasteiger charge is 2.22. The van der Waals surface area contributed by atoms with Crippen molar-refractivity contribution in [2.24, 2.45) is 0 Å². The second-order valence-electron chi connectivity index (χ2n) is 4.68. The van der Waals surface area contributed by atoms with E-state index in [-0.39, 0.29) is 6.61 Å². The number of nitrogens with one attached hydrogen (secondary N) is 1. The normalized spacial score (nSPS) is 18.1. The first-order valence-corrected chi connectivity index (χ1v) is 8.05. The molecule has 0 saturated carbocycles. The Labute approximate surface area is 114 Å². The van der Waals surface area contributed by atoms with Crippen molar-refractivity contribution in [3.63, 3.8) is 0 Å². The Balaban J connectivity index is 1.83. The summed E-state index contributed by atoms with van der Waals surface area (Å²) in [5.74, 6) is 0. The fourth-order valence-corrected chi connectivity index (χ4v) is 3.15. The summed E-state index contributed by atoms with van der Waals surface area (Å²) in [6.45, 7) is 1.38. The fourth-order valence-electron chi connectivity index (χ4n) is 2.10. The molecule has 1 aliphatic heterocycles. The van der Waals surface area contributed by atoms with Gasteiger partial charge in [-0.3, -0.25) is 4.84 Å². The van der Waals surface area contributed by atoms with Crippen LogP contribution in [0.1, 0.15) is 31.2 Å². The molecular formula is C13H20N2O3S. The molecule has 0 aromatic heterocycles. The molecule has 1 aliphatic rings. The van der Waals surface area contributed by atoms with Crippen LogP contribution in [0.3, 0.4) is 0 Å². The molecule has 1 N–H and O–H groups in total. The molecular weight excluding hydrogens is 264 g/mol. The Morgan fingerprint density at radius 3 is 2.32 bits per heavy atom. The smallest absolute Gasteiger partial charge is 0.281 e. The van der Waals surface area contributed by atoms with Gasteiger partial charge in [0.05, 0.1) is 6.61 Å². The van der Waals surface area contributed by atoms with Gasteiger partial charge in [0.15, 0.2) is 0 Å². The lowest BCUT2D eigenvalue weighted by atomic mass is 10.2. The minimum Gasteiger partial charge on any atom is -0.281 e. The average Bonchev–Trinajstić information content (AvgIpc) is 2.69. The third-order valence-electron chi connectivity index (χ3n) is 3.15. The molecule has 1 aromatic carbocycles. The van der Waals surface area contributed by atoms with Crippen LogP contribution in [0.4, 0.5) is 0 Å². The van der Waals surface area contributed by atoms with Crippen LogP contribution >= 0.6 is 0 Å². The molecule has 1 saturated heterocycles. The molecule has 1 aromatic rings. The Hall–Kier alpha value is -0.950. The average molecular weight is 284 g/mol. The monoisotopic (exact) mass is 284 g/mol. The fraction of sp³-hybridized carbons (Fsp3) is 0.538. The van der Waals surface area contributed by atoms with E-state index in [9.17, 15) is 8.42 Å². The van der Waals surface area contributed by atoms with Gasteiger partial charge < -0.3 is 0 Å². The Bertz CT molecular complexity index is 468. The first-order chi connectivity index (χ1) is 9.18. The molecule has 5 nitrogen and oxygen atoms in total. The van der Waals surface area contributed by atoms with Crippen LogP contribution in [-0.2, 0) is 21.7 Å². The number of rotatable bonds is 5. The van der Waals surface area contributed by atoms with Crippen LogP contribution in [-0.4, -0.2) is 25.8 Å². The van der Waals surface area contributed by atoms with Gasteiger partial charge >= 0.3 is 10.2 Å². The number of hydrogen-bond donors (Lipinski definition) is 1. The SMILES string of the molecule is O=S(=O)(NOCc1ccccc1)N1CCCCCC1. The summed E-state index contributed by atoms with van der Waals surface area (Å²) >= 11 is 0. The lowest BCUT2D eigenvalue weighted by Crippen LogP contribution is -2.41. The van der Waals surface area contributed by atoms with E-state index in [4.69, 9.17) is 4.84 Å². The van der Waals surface area contributed by atoms with Crippen molar-refractivity contribution in [2.75, 3.05) is 13.1 Å². The predicted molar refractivity (Wildman–Crippen MR) is 73.3 cm³/mol. The predicted octanol–water partition coefficient (Wildman–Crippen LogP) is 1.83. The summed E-state index contributed by atoms with van der Waals surface area (Å²) < 4.78 is 25.5. The summed E-state index contributed by atoms with van der Waals surface area (Å²) in [5.41, 5.74) is 0.932. The van der Waals surface area contributed by atoms with Crippen LogP contribution in [0.15, 0.2) is 30.3 Å². The molecule has 0 unspecified atom stereocenters. The first-order valence-electron chi connectivity index (χ1n) is 6.61. The molecule has 6 heteroatoms. The Kier molecular flexibility index (Phi) is 5.33. The van der Waals surface area contributed by atoms with E-state index in [1.54, 1.807) is 0 Å². The molecule has 0 radical (unpaired) electrons. The molecule has 0 atom stereocenters. The van der Waals surface area contributed by atoms with Crippen molar-refractivity contribution in [1.29, 1.82) is 0 Å². The lowest BCUT2D eigenvalue weighted by Gasteiger charge is -2.19. The molecule has 0 aliphatic carbocycles. The van der Waals surface area contributed by atoms with Gasteiger partial charge in [-0.15, -0.1) is 0 Å².